The van der Waals surface area contributed by atoms with Crippen LogP contribution < -0.4 is 11.1 Å². The Morgan fingerprint density at radius 2 is 2.19 bits per heavy atom. The molecule has 1 aromatic carbocycles. The SMILES string of the molecule is NC(=O)COCCNCc1ccccc1Cl. The van der Waals surface area contributed by atoms with Crippen molar-refractivity contribution in [1.82, 2.24) is 5.32 Å². The lowest BCUT2D eigenvalue weighted by Gasteiger charge is -2.06. The molecule has 1 rings (SSSR count). The summed E-state index contributed by atoms with van der Waals surface area (Å²) in [5.74, 6) is -0.453. The van der Waals surface area contributed by atoms with Gasteiger partial charge in [-0.3, -0.25) is 4.79 Å². The van der Waals surface area contributed by atoms with E-state index in [2.05, 4.69) is 5.32 Å². The van der Waals surface area contributed by atoms with Gasteiger partial charge in [0, 0.05) is 18.1 Å². The summed E-state index contributed by atoms with van der Waals surface area (Å²) in [5.41, 5.74) is 5.96. The number of hydrogen-bond acceptors (Lipinski definition) is 3. The number of halogens is 1. The number of nitrogens with one attached hydrogen (secondary N) is 1. The van der Waals surface area contributed by atoms with E-state index in [0.717, 1.165) is 10.6 Å². The maximum Gasteiger partial charge on any atom is 0.243 e. The normalized spacial score (nSPS) is 10.3. The Labute approximate surface area is 99.7 Å². The van der Waals surface area contributed by atoms with Crippen molar-refractivity contribution in [2.24, 2.45) is 5.73 Å². The maximum atomic E-state index is 10.4. The van der Waals surface area contributed by atoms with Crippen molar-refractivity contribution in [1.29, 1.82) is 0 Å². The van der Waals surface area contributed by atoms with Gasteiger partial charge in [0.05, 0.1) is 6.61 Å². The standard InChI is InChI=1S/C11H15ClN2O2/c12-10-4-2-1-3-9(10)7-14-5-6-16-8-11(13)15/h1-4,14H,5-8H2,(H2,13,15). The Morgan fingerprint density at radius 3 is 2.88 bits per heavy atom. The Bertz CT molecular complexity index is 345. The van der Waals surface area contributed by atoms with Crippen molar-refractivity contribution in [3.63, 3.8) is 0 Å². The van der Waals surface area contributed by atoms with Crippen LogP contribution in [0.2, 0.25) is 5.02 Å². The third-order valence-electron chi connectivity index (χ3n) is 1.94. The summed E-state index contributed by atoms with van der Waals surface area (Å²) in [5, 5.41) is 3.90. The molecule has 5 heteroatoms. The summed E-state index contributed by atoms with van der Waals surface area (Å²) < 4.78 is 4.99. The van der Waals surface area contributed by atoms with Gasteiger partial charge >= 0.3 is 0 Å². The number of carbonyl (C=O) groups excluding carboxylic acids is 1. The van der Waals surface area contributed by atoms with E-state index in [1.165, 1.54) is 0 Å². The van der Waals surface area contributed by atoms with E-state index < -0.39 is 5.91 Å². The van der Waals surface area contributed by atoms with Gasteiger partial charge in [0.15, 0.2) is 0 Å². The van der Waals surface area contributed by atoms with Crippen molar-refractivity contribution in [3.8, 4) is 0 Å². The minimum Gasteiger partial charge on any atom is -0.370 e. The summed E-state index contributed by atoms with van der Waals surface area (Å²) in [6.07, 6.45) is 0. The highest BCUT2D eigenvalue weighted by Crippen LogP contribution is 2.13. The summed E-state index contributed by atoms with van der Waals surface area (Å²) in [7, 11) is 0. The summed E-state index contributed by atoms with van der Waals surface area (Å²) in [6.45, 7) is 1.75. The summed E-state index contributed by atoms with van der Waals surface area (Å²) in [4.78, 5) is 10.4. The van der Waals surface area contributed by atoms with Crippen LogP contribution in [-0.4, -0.2) is 25.7 Å². The fourth-order valence-corrected chi connectivity index (χ4v) is 1.38. The van der Waals surface area contributed by atoms with E-state index in [0.29, 0.717) is 19.7 Å². The van der Waals surface area contributed by atoms with Crippen LogP contribution in [0.5, 0.6) is 0 Å². The first-order chi connectivity index (χ1) is 7.70. The number of carbonyl (C=O) groups is 1. The number of ether oxygens (including phenoxy) is 1. The molecule has 0 unspecified atom stereocenters. The molecule has 0 atom stereocenters. The zero-order chi connectivity index (χ0) is 11.8. The van der Waals surface area contributed by atoms with E-state index in [1.54, 1.807) is 0 Å². The molecule has 0 saturated carbocycles. The smallest absolute Gasteiger partial charge is 0.243 e. The van der Waals surface area contributed by atoms with Gasteiger partial charge in [0.2, 0.25) is 5.91 Å². The van der Waals surface area contributed by atoms with Crippen LogP contribution in [0.1, 0.15) is 5.56 Å². The minimum atomic E-state index is -0.453. The van der Waals surface area contributed by atoms with Gasteiger partial charge < -0.3 is 15.8 Å². The number of hydrogen-bond donors (Lipinski definition) is 2. The lowest BCUT2D eigenvalue weighted by Crippen LogP contribution is -2.23. The number of amides is 1. The highest BCUT2D eigenvalue weighted by atomic mass is 35.5. The largest absolute Gasteiger partial charge is 0.370 e. The number of primary amides is 1. The first-order valence-electron chi connectivity index (χ1n) is 5.00. The van der Waals surface area contributed by atoms with Crippen LogP contribution in [0.25, 0.3) is 0 Å². The number of rotatable bonds is 7. The third kappa shape index (κ3) is 5.11. The second kappa shape index (κ2) is 7.22. The van der Waals surface area contributed by atoms with Crippen LogP contribution in [0.3, 0.4) is 0 Å². The predicted octanol–water partition coefficient (Wildman–Crippen LogP) is 0.932. The average molecular weight is 243 g/mol. The molecule has 1 amide bonds. The van der Waals surface area contributed by atoms with Crippen LogP contribution in [0.4, 0.5) is 0 Å². The van der Waals surface area contributed by atoms with Gasteiger partial charge in [0.1, 0.15) is 6.61 Å². The van der Waals surface area contributed by atoms with Gasteiger partial charge in [-0.25, -0.2) is 0 Å². The summed E-state index contributed by atoms with van der Waals surface area (Å²) in [6, 6.07) is 7.63. The van der Waals surface area contributed by atoms with Crippen LogP contribution in [0, 0.1) is 0 Å². The van der Waals surface area contributed by atoms with Crippen molar-refractivity contribution in [3.05, 3.63) is 34.9 Å². The first kappa shape index (κ1) is 13.0. The Morgan fingerprint density at radius 1 is 1.44 bits per heavy atom. The first-order valence-corrected chi connectivity index (χ1v) is 5.38. The summed E-state index contributed by atoms with van der Waals surface area (Å²) >= 11 is 5.97. The van der Waals surface area contributed by atoms with Crippen molar-refractivity contribution < 1.29 is 9.53 Å². The molecule has 4 nitrogen and oxygen atoms in total. The topological polar surface area (TPSA) is 64.4 Å². The quantitative estimate of drug-likeness (QED) is 0.700. The zero-order valence-corrected chi connectivity index (χ0v) is 9.67. The second-order valence-electron chi connectivity index (χ2n) is 3.29. The molecule has 0 bridgehead atoms. The van der Waals surface area contributed by atoms with Crippen LogP contribution >= 0.6 is 11.6 Å². The highest BCUT2D eigenvalue weighted by molar-refractivity contribution is 6.31. The molecule has 0 saturated heterocycles. The number of benzene rings is 1. The molecule has 1 aromatic rings. The minimum absolute atomic E-state index is 0.0340. The van der Waals surface area contributed by atoms with Gasteiger partial charge in [-0.2, -0.15) is 0 Å². The molecule has 0 fully saturated rings. The lowest BCUT2D eigenvalue weighted by atomic mass is 10.2. The van der Waals surface area contributed by atoms with Crippen molar-refractivity contribution >= 4 is 17.5 Å². The molecule has 0 aliphatic rings. The molecule has 0 aliphatic heterocycles. The predicted molar refractivity (Wildman–Crippen MR) is 63.2 cm³/mol. The molecule has 0 heterocycles. The highest BCUT2D eigenvalue weighted by Gasteiger charge is 1.98. The Hall–Kier alpha value is -1.10. The molecule has 3 N–H and O–H groups in total. The van der Waals surface area contributed by atoms with E-state index in [1.807, 2.05) is 24.3 Å². The van der Waals surface area contributed by atoms with Crippen LogP contribution in [-0.2, 0) is 16.1 Å². The molecular weight excluding hydrogens is 228 g/mol. The third-order valence-corrected chi connectivity index (χ3v) is 2.31. The zero-order valence-electron chi connectivity index (χ0n) is 8.91. The average Bonchev–Trinajstić information content (AvgIpc) is 2.25. The van der Waals surface area contributed by atoms with Gasteiger partial charge in [-0.05, 0) is 11.6 Å². The van der Waals surface area contributed by atoms with E-state index in [4.69, 9.17) is 22.1 Å². The molecule has 0 spiro atoms. The molecule has 0 aromatic heterocycles. The van der Waals surface area contributed by atoms with Gasteiger partial charge in [0.25, 0.3) is 0 Å². The Balaban J connectivity index is 2.12. The fraction of sp³-hybridized carbons (Fsp3) is 0.364. The lowest BCUT2D eigenvalue weighted by molar-refractivity contribution is -0.122. The monoisotopic (exact) mass is 242 g/mol. The molecule has 0 radical (unpaired) electrons. The second-order valence-corrected chi connectivity index (χ2v) is 3.69. The molecule has 0 aliphatic carbocycles. The number of nitrogens with two attached hydrogens (primary N) is 1. The van der Waals surface area contributed by atoms with Crippen molar-refractivity contribution in [2.45, 2.75) is 6.54 Å². The van der Waals surface area contributed by atoms with E-state index in [9.17, 15) is 4.79 Å². The van der Waals surface area contributed by atoms with Crippen LogP contribution in [0.15, 0.2) is 24.3 Å². The molecule has 16 heavy (non-hydrogen) atoms. The molecular formula is C11H15ClN2O2. The van der Waals surface area contributed by atoms with Gasteiger partial charge in [-0.1, -0.05) is 29.8 Å². The van der Waals surface area contributed by atoms with Crippen molar-refractivity contribution in [2.75, 3.05) is 19.8 Å². The molecule has 88 valence electrons. The van der Waals surface area contributed by atoms with Gasteiger partial charge in [-0.15, -0.1) is 0 Å². The maximum absolute atomic E-state index is 10.4. The van der Waals surface area contributed by atoms with E-state index >= 15 is 0 Å². The Kier molecular flexibility index (Phi) is 5.85. The fourth-order valence-electron chi connectivity index (χ4n) is 1.18. The van der Waals surface area contributed by atoms with E-state index in [-0.39, 0.29) is 6.61 Å².